The van der Waals surface area contributed by atoms with E-state index in [1.54, 1.807) is 0 Å². The van der Waals surface area contributed by atoms with Crippen LogP contribution in [0.2, 0.25) is 0 Å². The highest BCUT2D eigenvalue weighted by Gasteiger charge is 2.29. The lowest BCUT2D eigenvalue weighted by molar-refractivity contribution is -0.119. The van der Waals surface area contributed by atoms with Crippen LogP contribution in [0.1, 0.15) is 43.7 Å². The third-order valence-corrected chi connectivity index (χ3v) is 4.77. The van der Waals surface area contributed by atoms with Crippen LogP contribution in [0.15, 0.2) is 23.3 Å². The molecule has 3 rings (SSSR count). The van der Waals surface area contributed by atoms with Crippen molar-refractivity contribution >= 4 is 23.2 Å². The summed E-state index contributed by atoms with van der Waals surface area (Å²) in [7, 11) is 0. The Bertz CT molecular complexity index is 708. The van der Waals surface area contributed by atoms with Gasteiger partial charge < -0.3 is 10.1 Å². The molecule has 2 unspecified atom stereocenters. The number of rotatable bonds is 4. The van der Waals surface area contributed by atoms with Crippen molar-refractivity contribution in [1.29, 1.82) is 0 Å². The number of hydrazone groups is 1. The van der Waals surface area contributed by atoms with Crippen molar-refractivity contribution < 1.29 is 14.3 Å². The lowest BCUT2D eigenvalue weighted by atomic mass is 10.1. The Kier molecular flexibility index (Phi) is 5.18. The molecule has 0 aromatic heterocycles. The number of ether oxygens (including phenoxy) is 1. The Labute approximate surface area is 148 Å². The lowest BCUT2D eigenvalue weighted by Crippen LogP contribution is -2.46. The average molecular weight is 343 g/mol. The SMILES string of the molecule is Cc1ccc(C)c(N2N=C(C(=O)NC(C)C3CCCO3)CCC2=O)c1. The molecule has 2 aliphatic heterocycles. The minimum Gasteiger partial charge on any atom is -0.376 e. The van der Waals surface area contributed by atoms with Gasteiger partial charge in [-0.2, -0.15) is 5.10 Å². The van der Waals surface area contributed by atoms with Crippen LogP contribution >= 0.6 is 0 Å². The molecule has 1 N–H and O–H groups in total. The van der Waals surface area contributed by atoms with Crippen LogP contribution in [0.3, 0.4) is 0 Å². The second kappa shape index (κ2) is 7.35. The van der Waals surface area contributed by atoms with Crippen LogP contribution < -0.4 is 10.3 Å². The van der Waals surface area contributed by atoms with Crippen LogP contribution in [0.4, 0.5) is 5.69 Å². The summed E-state index contributed by atoms with van der Waals surface area (Å²) in [6.07, 6.45) is 2.70. The highest BCUT2D eigenvalue weighted by atomic mass is 16.5. The van der Waals surface area contributed by atoms with E-state index in [1.165, 1.54) is 5.01 Å². The summed E-state index contributed by atoms with van der Waals surface area (Å²) >= 11 is 0. The molecule has 2 amide bonds. The average Bonchev–Trinajstić information content (AvgIpc) is 3.12. The molecule has 0 aliphatic carbocycles. The van der Waals surface area contributed by atoms with Gasteiger partial charge in [0, 0.05) is 19.4 Å². The number of hydrogen-bond acceptors (Lipinski definition) is 4. The quantitative estimate of drug-likeness (QED) is 0.913. The van der Waals surface area contributed by atoms with Crippen molar-refractivity contribution in [2.24, 2.45) is 5.10 Å². The van der Waals surface area contributed by atoms with Crippen molar-refractivity contribution in [2.45, 2.75) is 58.6 Å². The molecule has 1 aromatic rings. The van der Waals surface area contributed by atoms with Gasteiger partial charge in [-0.05, 0) is 50.8 Å². The largest absolute Gasteiger partial charge is 0.376 e. The summed E-state index contributed by atoms with van der Waals surface area (Å²) < 4.78 is 5.62. The van der Waals surface area contributed by atoms with E-state index in [2.05, 4.69) is 10.4 Å². The van der Waals surface area contributed by atoms with Crippen molar-refractivity contribution in [3.8, 4) is 0 Å². The first kappa shape index (κ1) is 17.6. The molecule has 0 bridgehead atoms. The number of nitrogens with zero attached hydrogens (tertiary/aromatic N) is 2. The number of anilines is 1. The Balaban J connectivity index is 1.78. The standard InChI is InChI=1S/C19H25N3O3/c1-12-6-7-13(2)16(11-12)22-18(23)9-8-15(21-22)19(24)20-14(3)17-5-4-10-25-17/h6-7,11,14,17H,4-5,8-10H2,1-3H3,(H,20,24). The van der Waals surface area contributed by atoms with Gasteiger partial charge >= 0.3 is 0 Å². The number of carbonyl (C=O) groups is 2. The fourth-order valence-corrected chi connectivity index (χ4v) is 3.23. The summed E-state index contributed by atoms with van der Waals surface area (Å²) in [6.45, 7) is 6.61. The fraction of sp³-hybridized carbons (Fsp3) is 0.526. The van der Waals surface area contributed by atoms with Crippen molar-refractivity contribution in [2.75, 3.05) is 11.6 Å². The number of hydrogen-bond donors (Lipinski definition) is 1. The van der Waals surface area contributed by atoms with Gasteiger partial charge in [-0.25, -0.2) is 5.01 Å². The third-order valence-electron chi connectivity index (χ3n) is 4.77. The van der Waals surface area contributed by atoms with Crippen LogP contribution in [0.5, 0.6) is 0 Å². The van der Waals surface area contributed by atoms with Gasteiger partial charge in [-0.1, -0.05) is 12.1 Å². The molecule has 0 saturated carbocycles. The first-order valence-corrected chi connectivity index (χ1v) is 8.86. The Morgan fingerprint density at radius 3 is 2.88 bits per heavy atom. The zero-order chi connectivity index (χ0) is 18.0. The van der Waals surface area contributed by atoms with Crippen LogP contribution in [0.25, 0.3) is 0 Å². The van der Waals surface area contributed by atoms with Gasteiger partial charge in [0.05, 0.1) is 17.8 Å². The van der Waals surface area contributed by atoms with Gasteiger partial charge in [0.25, 0.3) is 5.91 Å². The molecule has 1 saturated heterocycles. The van der Waals surface area contributed by atoms with Gasteiger partial charge in [-0.3, -0.25) is 9.59 Å². The van der Waals surface area contributed by atoms with E-state index in [9.17, 15) is 9.59 Å². The molecule has 1 aromatic carbocycles. The lowest BCUT2D eigenvalue weighted by Gasteiger charge is -2.26. The van der Waals surface area contributed by atoms with E-state index in [-0.39, 0.29) is 30.4 Å². The summed E-state index contributed by atoms with van der Waals surface area (Å²) in [5.74, 6) is -0.303. The van der Waals surface area contributed by atoms with Gasteiger partial charge in [0.2, 0.25) is 5.91 Å². The summed E-state index contributed by atoms with van der Waals surface area (Å²) in [6, 6.07) is 5.81. The minimum atomic E-state index is -0.217. The fourth-order valence-electron chi connectivity index (χ4n) is 3.23. The highest BCUT2D eigenvalue weighted by Crippen LogP contribution is 2.25. The maximum atomic E-state index is 12.6. The molecular weight excluding hydrogens is 318 g/mol. The van der Waals surface area contributed by atoms with E-state index in [0.717, 1.165) is 36.3 Å². The Morgan fingerprint density at radius 2 is 2.16 bits per heavy atom. The van der Waals surface area contributed by atoms with Gasteiger partial charge in [0.1, 0.15) is 5.71 Å². The number of nitrogens with one attached hydrogen (secondary N) is 1. The minimum absolute atomic E-state index is 0.0601. The molecule has 2 aliphatic rings. The maximum absolute atomic E-state index is 12.6. The van der Waals surface area contributed by atoms with E-state index < -0.39 is 0 Å². The molecule has 25 heavy (non-hydrogen) atoms. The van der Waals surface area contributed by atoms with E-state index in [0.29, 0.717) is 12.1 Å². The molecule has 1 fully saturated rings. The molecule has 134 valence electrons. The molecular formula is C19H25N3O3. The summed E-state index contributed by atoms with van der Waals surface area (Å²) in [5.41, 5.74) is 3.14. The van der Waals surface area contributed by atoms with Crippen molar-refractivity contribution in [3.63, 3.8) is 0 Å². The molecule has 6 nitrogen and oxygen atoms in total. The van der Waals surface area contributed by atoms with Crippen LogP contribution in [0, 0.1) is 13.8 Å². The molecule has 2 heterocycles. The summed E-state index contributed by atoms with van der Waals surface area (Å²) in [4.78, 5) is 24.9. The molecule has 6 heteroatoms. The monoisotopic (exact) mass is 343 g/mol. The topological polar surface area (TPSA) is 71.0 Å². The predicted octanol–water partition coefficient (Wildman–Crippen LogP) is 2.47. The van der Waals surface area contributed by atoms with E-state index in [1.807, 2.05) is 39.0 Å². The zero-order valence-electron chi connectivity index (χ0n) is 15.0. The van der Waals surface area contributed by atoms with Gasteiger partial charge in [0.15, 0.2) is 0 Å². The first-order valence-electron chi connectivity index (χ1n) is 8.86. The number of amides is 2. The number of carbonyl (C=O) groups excluding carboxylic acids is 2. The van der Waals surface area contributed by atoms with Gasteiger partial charge in [-0.15, -0.1) is 0 Å². The molecule has 0 radical (unpaired) electrons. The highest BCUT2D eigenvalue weighted by molar-refractivity contribution is 6.40. The second-order valence-corrected chi connectivity index (χ2v) is 6.86. The smallest absolute Gasteiger partial charge is 0.267 e. The normalized spacial score (nSPS) is 21.9. The third kappa shape index (κ3) is 3.90. The maximum Gasteiger partial charge on any atom is 0.267 e. The second-order valence-electron chi connectivity index (χ2n) is 6.86. The van der Waals surface area contributed by atoms with Crippen molar-refractivity contribution in [3.05, 3.63) is 29.3 Å². The van der Waals surface area contributed by atoms with E-state index >= 15 is 0 Å². The Morgan fingerprint density at radius 1 is 1.36 bits per heavy atom. The first-order chi connectivity index (χ1) is 12.0. The van der Waals surface area contributed by atoms with E-state index in [4.69, 9.17) is 4.74 Å². The molecule has 0 spiro atoms. The Hall–Kier alpha value is -2.21. The van der Waals surface area contributed by atoms with Crippen molar-refractivity contribution in [1.82, 2.24) is 5.32 Å². The number of benzene rings is 1. The number of aryl methyl sites for hydroxylation is 2. The van der Waals surface area contributed by atoms with Crippen LogP contribution in [-0.2, 0) is 14.3 Å². The predicted molar refractivity (Wildman–Crippen MR) is 96.6 cm³/mol. The zero-order valence-corrected chi connectivity index (χ0v) is 15.0. The summed E-state index contributed by atoms with van der Waals surface area (Å²) in [5, 5.41) is 8.71. The van der Waals surface area contributed by atoms with Crippen LogP contribution in [-0.4, -0.2) is 36.3 Å². The molecule has 2 atom stereocenters.